The Morgan fingerprint density at radius 3 is 2.38 bits per heavy atom. The Morgan fingerprint density at radius 2 is 1.83 bits per heavy atom. The Kier molecular flexibility index (Phi) is 9.01. The van der Waals surface area contributed by atoms with Gasteiger partial charge in [-0.05, 0) is 45.1 Å². The first-order valence-corrected chi connectivity index (χ1v) is 8.47. The van der Waals surface area contributed by atoms with Crippen molar-refractivity contribution in [3.05, 3.63) is 23.8 Å². The largest absolute Gasteiger partial charge is 0.493 e. The number of guanidine groups is 1. The number of methoxy groups -OCH3 is 2. The third kappa shape index (κ3) is 5.92. The molecule has 0 aliphatic heterocycles. The number of benzene rings is 1. The monoisotopic (exact) mass is 336 g/mol. The summed E-state index contributed by atoms with van der Waals surface area (Å²) in [6.45, 7) is 6.62. The van der Waals surface area contributed by atoms with Crippen molar-refractivity contribution in [2.24, 2.45) is 4.99 Å². The Balaban J connectivity index is 2.97. The van der Waals surface area contributed by atoms with Crippen LogP contribution in [0.3, 0.4) is 0 Å². The minimum atomic E-state index is 0.155. The van der Waals surface area contributed by atoms with E-state index in [2.05, 4.69) is 49.5 Å². The molecule has 0 amide bonds. The van der Waals surface area contributed by atoms with Gasteiger partial charge in [0.05, 0.1) is 26.8 Å². The van der Waals surface area contributed by atoms with E-state index in [1.54, 1.807) is 14.2 Å². The first kappa shape index (κ1) is 20.1. The third-order valence-electron chi connectivity index (χ3n) is 3.72. The fourth-order valence-corrected chi connectivity index (χ4v) is 2.39. The van der Waals surface area contributed by atoms with Gasteiger partial charge >= 0.3 is 0 Å². The molecule has 6 heteroatoms. The van der Waals surface area contributed by atoms with Gasteiger partial charge in [0.25, 0.3) is 0 Å². The average Bonchev–Trinajstić information content (AvgIpc) is 2.59. The van der Waals surface area contributed by atoms with Crippen LogP contribution in [-0.4, -0.2) is 58.8 Å². The molecule has 24 heavy (non-hydrogen) atoms. The molecule has 0 saturated heterocycles. The van der Waals surface area contributed by atoms with Crippen molar-refractivity contribution >= 4 is 5.96 Å². The molecule has 6 nitrogen and oxygen atoms in total. The topological polar surface area (TPSA) is 58.1 Å². The maximum atomic E-state index is 5.42. The van der Waals surface area contributed by atoms with E-state index in [0.29, 0.717) is 6.54 Å². The molecular weight excluding hydrogens is 304 g/mol. The standard InChI is InChI=1S/C18H32N4O2/c1-7-11-20-18(19-8-2)21-13-15(22(3)4)14-9-10-16(23-5)17(12-14)24-6/h9-10,12,15H,7-8,11,13H2,1-6H3,(H2,19,20,21). The van der Waals surface area contributed by atoms with Gasteiger partial charge in [-0.3, -0.25) is 4.99 Å². The summed E-state index contributed by atoms with van der Waals surface area (Å²) in [4.78, 5) is 6.89. The van der Waals surface area contributed by atoms with Crippen molar-refractivity contribution in [2.75, 3.05) is 47.9 Å². The molecule has 136 valence electrons. The summed E-state index contributed by atoms with van der Waals surface area (Å²) < 4.78 is 10.7. The Labute approximate surface area is 146 Å². The van der Waals surface area contributed by atoms with Gasteiger partial charge in [0, 0.05) is 13.1 Å². The van der Waals surface area contributed by atoms with E-state index in [1.165, 1.54) is 0 Å². The summed E-state index contributed by atoms with van der Waals surface area (Å²) in [7, 11) is 7.42. The molecule has 1 rings (SSSR count). The van der Waals surface area contributed by atoms with Crippen LogP contribution < -0.4 is 20.1 Å². The van der Waals surface area contributed by atoms with Crippen molar-refractivity contribution in [3.63, 3.8) is 0 Å². The van der Waals surface area contributed by atoms with Crippen LogP contribution in [0.25, 0.3) is 0 Å². The maximum absolute atomic E-state index is 5.42. The Bertz CT molecular complexity index is 518. The quantitative estimate of drug-likeness (QED) is 0.535. The molecule has 0 fully saturated rings. The summed E-state index contributed by atoms with van der Waals surface area (Å²) in [6.07, 6.45) is 1.07. The van der Waals surface area contributed by atoms with E-state index in [9.17, 15) is 0 Å². The van der Waals surface area contributed by atoms with E-state index in [4.69, 9.17) is 14.5 Å². The van der Waals surface area contributed by atoms with Gasteiger partial charge in [0.1, 0.15) is 0 Å². The highest BCUT2D eigenvalue weighted by molar-refractivity contribution is 5.79. The molecule has 0 heterocycles. The molecule has 0 aliphatic carbocycles. The fraction of sp³-hybridized carbons (Fsp3) is 0.611. The van der Waals surface area contributed by atoms with E-state index < -0.39 is 0 Å². The van der Waals surface area contributed by atoms with Gasteiger partial charge in [0.2, 0.25) is 0 Å². The zero-order valence-corrected chi connectivity index (χ0v) is 15.8. The molecule has 1 unspecified atom stereocenters. The van der Waals surface area contributed by atoms with Gasteiger partial charge in [-0.1, -0.05) is 13.0 Å². The number of nitrogens with zero attached hydrogens (tertiary/aromatic N) is 2. The molecule has 0 aromatic heterocycles. The molecule has 0 aliphatic rings. The van der Waals surface area contributed by atoms with Gasteiger partial charge in [-0.15, -0.1) is 0 Å². The lowest BCUT2D eigenvalue weighted by molar-refractivity contribution is 0.303. The lowest BCUT2D eigenvalue weighted by Crippen LogP contribution is -2.38. The first-order chi connectivity index (χ1) is 11.6. The molecule has 2 N–H and O–H groups in total. The highest BCUT2D eigenvalue weighted by Crippen LogP contribution is 2.31. The first-order valence-electron chi connectivity index (χ1n) is 8.47. The molecular formula is C18H32N4O2. The lowest BCUT2D eigenvalue weighted by Gasteiger charge is -2.24. The maximum Gasteiger partial charge on any atom is 0.191 e. The molecule has 0 spiro atoms. The summed E-state index contributed by atoms with van der Waals surface area (Å²) in [5.74, 6) is 2.33. The number of hydrogen-bond donors (Lipinski definition) is 2. The van der Waals surface area contributed by atoms with Gasteiger partial charge in [-0.25, -0.2) is 0 Å². The predicted octanol–water partition coefficient (Wildman–Crippen LogP) is 2.27. The lowest BCUT2D eigenvalue weighted by atomic mass is 10.1. The van der Waals surface area contributed by atoms with Crippen LogP contribution >= 0.6 is 0 Å². The Morgan fingerprint density at radius 1 is 1.12 bits per heavy atom. The van der Waals surface area contributed by atoms with Crippen molar-refractivity contribution in [2.45, 2.75) is 26.3 Å². The van der Waals surface area contributed by atoms with E-state index in [1.807, 2.05) is 12.1 Å². The molecule has 1 aromatic rings. The normalized spacial score (nSPS) is 12.9. The Hall–Kier alpha value is -1.95. The SMILES string of the molecule is CCCNC(=NCC(c1ccc(OC)c(OC)c1)N(C)C)NCC. The number of aliphatic imine (C=N–C) groups is 1. The smallest absolute Gasteiger partial charge is 0.191 e. The van der Waals surface area contributed by atoms with Crippen LogP contribution in [0.5, 0.6) is 11.5 Å². The minimum Gasteiger partial charge on any atom is -0.493 e. The van der Waals surface area contributed by atoms with Crippen LogP contribution in [0.4, 0.5) is 0 Å². The number of hydrogen-bond acceptors (Lipinski definition) is 4. The third-order valence-corrected chi connectivity index (χ3v) is 3.72. The van der Waals surface area contributed by atoms with Gasteiger partial charge in [0.15, 0.2) is 17.5 Å². The highest BCUT2D eigenvalue weighted by Gasteiger charge is 2.16. The number of likely N-dealkylation sites (N-methyl/N-ethyl adjacent to an activating group) is 1. The number of nitrogens with one attached hydrogen (secondary N) is 2. The molecule has 1 atom stereocenters. The molecule has 0 bridgehead atoms. The zero-order valence-electron chi connectivity index (χ0n) is 15.8. The number of rotatable bonds is 9. The van der Waals surface area contributed by atoms with Crippen LogP contribution in [-0.2, 0) is 0 Å². The van der Waals surface area contributed by atoms with Crippen LogP contribution in [0.15, 0.2) is 23.2 Å². The second-order valence-electron chi connectivity index (χ2n) is 5.74. The van der Waals surface area contributed by atoms with E-state index in [0.717, 1.165) is 42.5 Å². The van der Waals surface area contributed by atoms with Crippen LogP contribution in [0, 0.1) is 0 Å². The van der Waals surface area contributed by atoms with Crippen molar-refractivity contribution < 1.29 is 9.47 Å². The van der Waals surface area contributed by atoms with Crippen molar-refractivity contribution in [1.29, 1.82) is 0 Å². The summed E-state index contributed by atoms with van der Waals surface area (Å²) in [5, 5.41) is 6.61. The highest BCUT2D eigenvalue weighted by atomic mass is 16.5. The summed E-state index contributed by atoms with van der Waals surface area (Å²) in [5.41, 5.74) is 1.15. The number of ether oxygens (including phenoxy) is 2. The fourth-order valence-electron chi connectivity index (χ4n) is 2.39. The molecule has 0 saturated carbocycles. The summed E-state index contributed by atoms with van der Waals surface area (Å²) >= 11 is 0. The zero-order chi connectivity index (χ0) is 17.9. The van der Waals surface area contributed by atoms with E-state index in [-0.39, 0.29) is 6.04 Å². The van der Waals surface area contributed by atoms with Crippen LogP contribution in [0.1, 0.15) is 31.9 Å². The van der Waals surface area contributed by atoms with Gasteiger partial charge < -0.3 is 25.0 Å². The molecule has 0 radical (unpaired) electrons. The van der Waals surface area contributed by atoms with Crippen LogP contribution in [0.2, 0.25) is 0 Å². The molecule has 1 aromatic carbocycles. The van der Waals surface area contributed by atoms with E-state index >= 15 is 0 Å². The minimum absolute atomic E-state index is 0.155. The second kappa shape index (κ2) is 10.8. The van der Waals surface area contributed by atoms with Gasteiger partial charge in [-0.2, -0.15) is 0 Å². The van der Waals surface area contributed by atoms with Crippen molar-refractivity contribution in [1.82, 2.24) is 15.5 Å². The summed E-state index contributed by atoms with van der Waals surface area (Å²) in [6, 6.07) is 6.18. The second-order valence-corrected chi connectivity index (χ2v) is 5.74. The average molecular weight is 336 g/mol. The predicted molar refractivity (Wildman–Crippen MR) is 100 cm³/mol. The van der Waals surface area contributed by atoms with Crippen molar-refractivity contribution in [3.8, 4) is 11.5 Å².